The first kappa shape index (κ1) is 15.2. The summed E-state index contributed by atoms with van der Waals surface area (Å²) in [6.45, 7) is 4.35. The van der Waals surface area contributed by atoms with E-state index < -0.39 is 0 Å². The molecule has 2 N–H and O–H groups in total. The van der Waals surface area contributed by atoms with Gasteiger partial charge in [0.1, 0.15) is 5.82 Å². The van der Waals surface area contributed by atoms with Crippen molar-refractivity contribution in [3.63, 3.8) is 0 Å². The minimum atomic E-state index is -0.262. The maximum absolute atomic E-state index is 13.2. The van der Waals surface area contributed by atoms with Crippen molar-refractivity contribution in [3.8, 4) is 0 Å². The molecule has 0 fully saturated rings. The Labute approximate surface area is 128 Å². The van der Waals surface area contributed by atoms with Crippen LogP contribution < -0.4 is 5.73 Å². The molecular formula is C17H19BrFN. The zero-order valence-electron chi connectivity index (χ0n) is 11.7. The lowest BCUT2D eigenvalue weighted by Crippen LogP contribution is -2.13. The smallest absolute Gasteiger partial charge is 0.137 e. The fraction of sp³-hybridized carbons (Fsp3) is 0.294. The van der Waals surface area contributed by atoms with E-state index >= 15 is 0 Å². The van der Waals surface area contributed by atoms with E-state index in [0.29, 0.717) is 10.4 Å². The minimum Gasteiger partial charge on any atom is -0.324 e. The number of hydrogen-bond acceptors (Lipinski definition) is 1. The quantitative estimate of drug-likeness (QED) is 0.840. The molecule has 2 aromatic carbocycles. The van der Waals surface area contributed by atoms with Crippen LogP contribution in [0.3, 0.4) is 0 Å². The maximum Gasteiger partial charge on any atom is 0.137 e. The van der Waals surface area contributed by atoms with Gasteiger partial charge >= 0.3 is 0 Å². The van der Waals surface area contributed by atoms with Crippen molar-refractivity contribution >= 4 is 15.9 Å². The van der Waals surface area contributed by atoms with E-state index in [1.807, 2.05) is 0 Å². The van der Waals surface area contributed by atoms with Crippen LogP contribution in [0, 0.1) is 5.82 Å². The zero-order chi connectivity index (χ0) is 14.7. The Morgan fingerprint density at radius 3 is 2.20 bits per heavy atom. The Kier molecular flexibility index (Phi) is 4.95. The molecule has 2 aromatic rings. The van der Waals surface area contributed by atoms with Gasteiger partial charge in [-0.1, -0.05) is 44.2 Å². The van der Waals surface area contributed by atoms with E-state index in [2.05, 4.69) is 54.0 Å². The van der Waals surface area contributed by atoms with E-state index in [-0.39, 0.29) is 11.9 Å². The molecule has 0 radical (unpaired) electrons. The Bertz CT molecular complexity index is 578. The van der Waals surface area contributed by atoms with E-state index in [1.54, 1.807) is 12.1 Å². The molecule has 3 heteroatoms. The third kappa shape index (κ3) is 3.68. The Hall–Kier alpha value is -1.19. The molecule has 0 heterocycles. The lowest BCUT2D eigenvalue weighted by atomic mass is 9.96. The molecule has 1 atom stereocenters. The molecule has 0 spiro atoms. The lowest BCUT2D eigenvalue weighted by molar-refractivity contribution is 0.617. The van der Waals surface area contributed by atoms with Crippen LogP contribution in [0.25, 0.3) is 0 Å². The van der Waals surface area contributed by atoms with E-state index in [4.69, 9.17) is 5.73 Å². The maximum atomic E-state index is 13.2. The number of nitrogens with two attached hydrogens (primary N) is 1. The van der Waals surface area contributed by atoms with Gasteiger partial charge in [-0.25, -0.2) is 4.39 Å². The molecule has 0 saturated heterocycles. The van der Waals surface area contributed by atoms with Crippen LogP contribution in [-0.4, -0.2) is 0 Å². The first-order valence-corrected chi connectivity index (χ1v) is 7.56. The van der Waals surface area contributed by atoms with Crippen molar-refractivity contribution in [1.82, 2.24) is 0 Å². The van der Waals surface area contributed by atoms with Gasteiger partial charge in [0.15, 0.2) is 0 Å². The van der Waals surface area contributed by atoms with E-state index in [0.717, 1.165) is 12.0 Å². The Morgan fingerprint density at radius 2 is 1.65 bits per heavy atom. The van der Waals surface area contributed by atoms with Crippen LogP contribution in [0.2, 0.25) is 0 Å². The van der Waals surface area contributed by atoms with Gasteiger partial charge < -0.3 is 5.73 Å². The molecule has 0 bridgehead atoms. The average Bonchev–Trinajstić information content (AvgIpc) is 2.42. The van der Waals surface area contributed by atoms with Crippen LogP contribution in [0.4, 0.5) is 4.39 Å². The summed E-state index contributed by atoms with van der Waals surface area (Å²) in [5, 5.41) is 0. The van der Waals surface area contributed by atoms with Gasteiger partial charge in [-0.2, -0.15) is 0 Å². The molecule has 20 heavy (non-hydrogen) atoms. The summed E-state index contributed by atoms with van der Waals surface area (Å²) in [4.78, 5) is 0. The fourth-order valence-electron chi connectivity index (χ4n) is 2.15. The second-order valence-electron chi connectivity index (χ2n) is 5.38. The predicted octanol–water partition coefficient (Wildman–Crippen LogP) is 4.95. The second kappa shape index (κ2) is 6.51. The molecule has 0 aromatic heterocycles. The highest BCUT2D eigenvalue weighted by atomic mass is 79.9. The third-order valence-electron chi connectivity index (χ3n) is 3.47. The molecule has 1 unspecified atom stereocenters. The van der Waals surface area contributed by atoms with E-state index in [1.165, 1.54) is 17.2 Å². The van der Waals surface area contributed by atoms with Crippen LogP contribution in [-0.2, 0) is 6.42 Å². The first-order valence-electron chi connectivity index (χ1n) is 6.76. The van der Waals surface area contributed by atoms with Gasteiger partial charge in [-0.15, -0.1) is 0 Å². The molecule has 0 saturated carbocycles. The Morgan fingerprint density at radius 1 is 1.05 bits per heavy atom. The van der Waals surface area contributed by atoms with Crippen molar-refractivity contribution in [1.29, 1.82) is 0 Å². The second-order valence-corrected chi connectivity index (χ2v) is 6.23. The summed E-state index contributed by atoms with van der Waals surface area (Å²) in [5.74, 6) is 0.271. The zero-order valence-corrected chi connectivity index (χ0v) is 13.3. The summed E-state index contributed by atoms with van der Waals surface area (Å²) in [7, 11) is 0. The van der Waals surface area contributed by atoms with Gasteiger partial charge in [0, 0.05) is 6.04 Å². The molecule has 0 aliphatic carbocycles. The predicted molar refractivity (Wildman–Crippen MR) is 85.3 cm³/mol. The lowest BCUT2D eigenvalue weighted by Gasteiger charge is -2.14. The SMILES string of the molecule is CC(C)c1ccc(CC(N)c2ccc(F)c(Br)c2)cc1. The van der Waals surface area contributed by atoms with Crippen LogP contribution in [0.15, 0.2) is 46.9 Å². The van der Waals surface area contributed by atoms with Gasteiger partial charge in [-0.05, 0) is 57.1 Å². The fourth-order valence-corrected chi connectivity index (χ4v) is 2.55. The molecule has 106 valence electrons. The standard InChI is InChI=1S/C17H19BrFN/c1-11(2)13-5-3-12(4-6-13)9-17(20)14-7-8-16(19)15(18)10-14/h3-8,10-11,17H,9,20H2,1-2H3. The highest BCUT2D eigenvalue weighted by Gasteiger charge is 2.10. The molecule has 0 aliphatic heterocycles. The van der Waals surface area contributed by atoms with Gasteiger partial charge in [0.2, 0.25) is 0 Å². The topological polar surface area (TPSA) is 26.0 Å². The summed E-state index contributed by atoms with van der Waals surface area (Å²) in [6, 6.07) is 13.3. The first-order chi connectivity index (χ1) is 9.47. The van der Waals surface area contributed by atoms with Crippen LogP contribution >= 0.6 is 15.9 Å². The summed E-state index contributed by atoms with van der Waals surface area (Å²) < 4.78 is 13.7. The third-order valence-corrected chi connectivity index (χ3v) is 4.08. The van der Waals surface area contributed by atoms with Gasteiger partial charge in [0.25, 0.3) is 0 Å². The largest absolute Gasteiger partial charge is 0.324 e. The number of benzene rings is 2. The van der Waals surface area contributed by atoms with Crippen molar-refractivity contribution in [2.75, 3.05) is 0 Å². The van der Waals surface area contributed by atoms with Crippen molar-refractivity contribution in [3.05, 3.63) is 69.4 Å². The van der Waals surface area contributed by atoms with Crippen molar-refractivity contribution < 1.29 is 4.39 Å². The highest BCUT2D eigenvalue weighted by molar-refractivity contribution is 9.10. The van der Waals surface area contributed by atoms with Crippen molar-refractivity contribution in [2.45, 2.75) is 32.2 Å². The molecular weight excluding hydrogens is 317 g/mol. The summed E-state index contributed by atoms with van der Waals surface area (Å²) in [6.07, 6.45) is 0.746. The monoisotopic (exact) mass is 335 g/mol. The minimum absolute atomic E-state index is 0.128. The van der Waals surface area contributed by atoms with Gasteiger partial charge in [0.05, 0.1) is 4.47 Å². The van der Waals surface area contributed by atoms with Gasteiger partial charge in [-0.3, -0.25) is 0 Å². The summed E-state index contributed by atoms with van der Waals surface area (Å²) >= 11 is 3.19. The highest BCUT2D eigenvalue weighted by Crippen LogP contribution is 2.23. The molecule has 1 nitrogen and oxygen atoms in total. The normalized spacial score (nSPS) is 12.7. The molecule has 0 amide bonds. The van der Waals surface area contributed by atoms with E-state index in [9.17, 15) is 4.39 Å². The van der Waals surface area contributed by atoms with Crippen LogP contribution in [0.1, 0.15) is 42.5 Å². The summed E-state index contributed by atoms with van der Waals surface area (Å²) in [5.41, 5.74) is 9.66. The van der Waals surface area contributed by atoms with Crippen LogP contribution in [0.5, 0.6) is 0 Å². The average molecular weight is 336 g/mol. The van der Waals surface area contributed by atoms with Crippen molar-refractivity contribution in [2.24, 2.45) is 5.73 Å². The Balaban J connectivity index is 2.10. The number of hydrogen-bond donors (Lipinski definition) is 1. The molecule has 2 rings (SSSR count). The number of halogens is 2. The number of rotatable bonds is 4. The molecule has 0 aliphatic rings.